The molecule has 3 heterocycles. The second kappa shape index (κ2) is 5.07. The highest BCUT2D eigenvalue weighted by molar-refractivity contribution is 5.81. The van der Waals surface area contributed by atoms with E-state index in [2.05, 4.69) is 21.5 Å². The number of pyridine rings is 1. The van der Waals surface area contributed by atoms with Gasteiger partial charge in [-0.1, -0.05) is 6.07 Å². The summed E-state index contributed by atoms with van der Waals surface area (Å²) in [6.07, 6.45) is 8.71. The maximum Gasteiger partial charge on any atom is 0.225 e. The number of hydrogen-bond donors (Lipinski definition) is 1. The van der Waals surface area contributed by atoms with Crippen molar-refractivity contribution >= 4 is 11.4 Å². The molecule has 5 heteroatoms. The first-order valence-corrected chi connectivity index (χ1v) is 9.38. The van der Waals surface area contributed by atoms with Crippen LogP contribution in [0.5, 0.6) is 0 Å². The molecule has 5 rings (SSSR count). The van der Waals surface area contributed by atoms with Gasteiger partial charge in [0, 0.05) is 36.5 Å². The van der Waals surface area contributed by atoms with E-state index in [0.717, 1.165) is 19.5 Å². The number of hydrogen-bond acceptors (Lipinski definition) is 3. The lowest BCUT2D eigenvalue weighted by atomic mass is 9.69. The number of nitrogens with zero attached hydrogens (tertiary/aromatic N) is 3. The van der Waals surface area contributed by atoms with Crippen LogP contribution in [0.3, 0.4) is 0 Å². The molecule has 2 aromatic heterocycles. The third-order valence-electron chi connectivity index (χ3n) is 6.65. The number of fused-ring (bicyclic) bond motifs is 1. The van der Waals surface area contributed by atoms with E-state index in [0.29, 0.717) is 24.2 Å². The molecule has 0 unspecified atom stereocenters. The van der Waals surface area contributed by atoms with E-state index < -0.39 is 5.60 Å². The van der Waals surface area contributed by atoms with E-state index in [4.69, 9.17) is 0 Å². The number of amides is 1. The average molecular weight is 339 g/mol. The van der Waals surface area contributed by atoms with Crippen molar-refractivity contribution in [2.45, 2.75) is 50.5 Å². The Morgan fingerprint density at radius 2 is 2.08 bits per heavy atom. The first-order valence-electron chi connectivity index (χ1n) is 9.38. The van der Waals surface area contributed by atoms with E-state index in [1.807, 2.05) is 30.4 Å². The third kappa shape index (κ3) is 2.40. The number of imidazole rings is 1. The Morgan fingerprint density at radius 3 is 2.84 bits per heavy atom. The molecule has 3 fully saturated rings. The van der Waals surface area contributed by atoms with Crippen LogP contribution in [0.2, 0.25) is 0 Å². The predicted molar refractivity (Wildman–Crippen MR) is 94.1 cm³/mol. The van der Waals surface area contributed by atoms with Crippen molar-refractivity contribution in [3.05, 3.63) is 36.4 Å². The molecule has 1 amide bonds. The van der Waals surface area contributed by atoms with Gasteiger partial charge < -0.3 is 14.4 Å². The SMILES string of the molecule is CC1(O)CC(C(=O)N2CC3(CC[C@@H](c4ncn5ccccc45)C3)C2)C1. The van der Waals surface area contributed by atoms with Gasteiger partial charge in [0.05, 0.1) is 23.1 Å². The van der Waals surface area contributed by atoms with Crippen LogP contribution in [0.1, 0.15) is 50.6 Å². The molecule has 2 saturated carbocycles. The highest BCUT2D eigenvalue weighted by atomic mass is 16.3. The van der Waals surface area contributed by atoms with E-state index in [1.54, 1.807) is 0 Å². The Labute approximate surface area is 147 Å². The Hall–Kier alpha value is -1.88. The summed E-state index contributed by atoms with van der Waals surface area (Å²) in [6, 6.07) is 6.25. The molecule has 1 N–H and O–H groups in total. The standard InChI is InChI=1S/C20H25N3O2/c1-19(25)8-15(9-19)18(24)23-11-20(12-23)6-5-14(10-20)17-16-4-2-3-7-22(16)13-21-17/h2-4,7,13-15,25H,5-6,8-12H2,1H3/t14-,15?,19?/m1/s1. The molecule has 0 aromatic carbocycles. The van der Waals surface area contributed by atoms with Gasteiger partial charge in [0.1, 0.15) is 0 Å². The van der Waals surface area contributed by atoms with Gasteiger partial charge in [0.25, 0.3) is 0 Å². The summed E-state index contributed by atoms with van der Waals surface area (Å²) < 4.78 is 2.10. The predicted octanol–water partition coefficient (Wildman–Crippen LogP) is 2.59. The Balaban J connectivity index is 1.24. The zero-order valence-electron chi connectivity index (χ0n) is 14.7. The zero-order chi connectivity index (χ0) is 17.2. The van der Waals surface area contributed by atoms with Crippen molar-refractivity contribution in [2.75, 3.05) is 13.1 Å². The molecule has 2 aliphatic carbocycles. The second-order valence-corrected chi connectivity index (χ2v) is 8.86. The van der Waals surface area contributed by atoms with Gasteiger partial charge in [-0.3, -0.25) is 4.79 Å². The lowest BCUT2D eigenvalue weighted by Gasteiger charge is -2.52. The van der Waals surface area contributed by atoms with Gasteiger partial charge in [-0.2, -0.15) is 0 Å². The van der Waals surface area contributed by atoms with Gasteiger partial charge in [-0.05, 0) is 51.2 Å². The number of carbonyl (C=O) groups excluding carboxylic acids is 1. The lowest BCUT2D eigenvalue weighted by molar-refractivity contribution is -0.161. The monoisotopic (exact) mass is 339 g/mol. The largest absolute Gasteiger partial charge is 0.390 e. The fraction of sp³-hybridized carbons (Fsp3) is 0.600. The average Bonchev–Trinajstić information content (AvgIpc) is 3.14. The second-order valence-electron chi connectivity index (χ2n) is 8.86. The highest BCUT2D eigenvalue weighted by Gasteiger charge is 2.53. The number of likely N-dealkylation sites (tertiary alicyclic amines) is 1. The van der Waals surface area contributed by atoms with Gasteiger partial charge in [0.2, 0.25) is 5.91 Å². The van der Waals surface area contributed by atoms with Crippen LogP contribution in [0.25, 0.3) is 5.52 Å². The van der Waals surface area contributed by atoms with E-state index in [-0.39, 0.29) is 11.8 Å². The van der Waals surface area contributed by atoms with Gasteiger partial charge in [-0.25, -0.2) is 4.98 Å². The van der Waals surface area contributed by atoms with Crippen LogP contribution in [0.4, 0.5) is 0 Å². The highest BCUT2D eigenvalue weighted by Crippen LogP contribution is 2.53. The van der Waals surface area contributed by atoms with Crippen molar-refractivity contribution < 1.29 is 9.90 Å². The van der Waals surface area contributed by atoms with Crippen LogP contribution in [-0.2, 0) is 4.79 Å². The maximum absolute atomic E-state index is 12.5. The molecule has 0 bridgehead atoms. The molecular formula is C20H25N3O2. The Bertz CT molecular complexity index is 826. The minimum Gasteiger partial charge on any atom is -0.390 e. The third-order valence-corrected chi connectivity index (χ3v) is 6.65. The minimum atomic E-state index is -0.622. The molecule has 5 nitrogen and oxygen atoms in total. The number of aromatic nitrogens is 2. The van der Waals surface area contributed by atoms with Crippen molar-refractivity contribution in [1.29, 1.82) is 0 Å². The summed E-state index contributed by atoms with van der Waals surface area (Å²) >= 11 is 0. The smallest absolute Gasteiger partial charge is 0.225 e. The first-order chi connectivity index (χ1) is 11.9. The number of carbonyl (C=O) groups is 1. The molecule has 3 aliphatic rings. The summed E-state index contributed by atoms with van der Waals surface area (Å²) in [5.74, 6) is 0.809. The van der Waals surface area contributed by atoms with Crippen LogP contribution in [0, 0.1) is 11.3 Å². The van der Waals surface area contributed by atoms with Crippen LogP contribution in [0.15, 0.2) is 30.7 Å². The molecular weight excluding hydrogens is 314 g/mol. The van der Waals surface area contributed by atoms with Crippen LogP contribution < -0.4 is 0 Å². The molecule has 1 saturated heterocycles. The van der Waals surface area contributed by atoms with E-state index >= 15 is 0 Å². The summed E-state index contributed by atoms with van der Waals surface area (Å²) in [6.45, 7) is 3.62. The summed E-state index contributed by atoms with van der Waals surface area (Å²) in [4.78, 5) is 19.2. The zero-order valence-corrected chi connectivity index (χ0v) is 14.7. The lowest BCUT2D eigenvalue weighted by Crippen LogP contribution is -2.61. The van der Waals surface area contributed by atoms with Crippen molar-refractivity contribution in [3.8, 4) is 0 Å². The van der Waals surface area contributed by atoms with Gasteiger partial charge in [-0.15, -0.1) is 0 Å². The van der Waals surface area contributed by atoms with Crippen LogP contribution in [-0.4, -0.2) is 44.0 Å². The molecule has 1 aliphatic heterocycles. The Morgan fingerprint density at radius 1 is 1.28 bits per heavy atom. The fourth-order valence-electron chi connectivity index (χ4n) is 5.36. The van der Waals surface area contributed by atoms with E-state index in [9.17, 15) is 9.90 Å². The van der Waals surface area contributed by atoms with E-state index in [1.165, 1.54) is 24.1 Å². The molecule has 132 valence electrons. The van der Waals surface area contributed by atoms with Gasteiger partial charge in [0.15, 0.2) is 0 Å². The van der Waals surface area contributed by atoms with Gasteiger partial charge >= 0.3 is 0 Å². The van der Waals surface area contributed by atoms with Crippen LogP contribution >= 0.6 is 0 Å². The summed E-state index contributed by atoms with van der Waals surface area (Å²) in [7, 11) is 0. The molecule has 0 radical (unpaired) electrons. The quantitative estimate of drug-likeness (QED) is 0.915. The summed E-state index contributed by atoms with van der Waals surface area (Å²) in [5, 5.41) is 9.86. The fourth-order valence-corrected chi connectivity index (χ4v) is 5.36. The maximum atomic E-state index is 12.5. The number of rotatable bonds is 2. The molecule has 25 heavy (non-hydrogen) atoms. The molecule has 1 spiro atoms. The molecule has 2 aromatic rings. The Kier molecular flexibility index (Phi) is 3.12. The summed E-state index contributed by atoms with van der Waals surface area (Å²) in [5.41, 5.74) is 2.12. The topological polar surface area (TPSA) is 57.8 Å². The van der Waals surface area contributed by atoms with Crippen molar-refractivity contribution in [3.63, 3.8) is 0 Å². The molecule has 1 atom stereocenters. The van der Waals surface area contributed by atoms with Crippen molar-refractivity contribution in [1.82, 2.24) is 14.3 Å². The first kappa shape index (κ1) is 15.4. The normalized spacial score (nSPS) is 33.4. The minimum absolute atomic E-state index is 0.0432. The van der Waals surface area contributed by atoms with Crippen molar-refractivity contribution in [2.24, 2.45) is 11.3 Å². The number of aliphatic hydroxyl groups is 1.